The van der Waals surface area contributed by atoms with Gasteiger partial charge in [0.25, 0.3) is 0 Å². The Hall–Kier alpha value is -2.32. The molecule has 0 radical (unpaired) electrons. The summed E-state index contributed by atoms with van der Waals surface area (Å²) in [4.78, 5) is 16.9. The van der Waals surface area contributed by atoms with Gasteiger partial charge in [0.2, 0.25) is 0 Å². The predicted octanol–water partition coefficient (Wildman–Crippen LogP) is 3.01. The van der Waals surface area contributed by atoms with Crippen LogP contribution in [0.2, 0.25) is 5.02 Å². The number of piperazine rings is 1. The van der Waals surface area contributed by atoms with Crippen LogP contribution in [0.5, 0.6) is 11.5 Å². The van der Waals surface area contributed by atoms with Crippen LogP contribution >= 0.6 is 11.6 Å². The SMILES string of the molecule is COc1cc2c(cc1OCC(O)CN1CCN(c3ccccc3Cl)CC1)C(=O)C(C)OC2. The fraction of sp³-hybridized carbons (Fsp3) is 0.458. The number of fused-ring (bicyclic) bond motifs is 1. The molecular weight excluding hydrogens is 432 g/mol. The van der Waals surface area contributed by atoms with Crippen molar-refractivity contribution in [3.63, 3.8) is 0 Å². The van der Waals surface area contributed by atoms with Gasteiger partial charge in [0.05, 0.1) is 24.4 Å². The maximum absolute atomic E-state index is 12.4. The van der Waals surface area contributed by atoms with Gasteiger partial charge in [-0.15, -0.1) is 0 Å². The highest BCUT2D eigenvalue weighted by molar-refractivity contribution is 6.33. The van der Waals surface area contributed by atoms with E-state index in [1.165, 1.54) is 0 Å². The monoisotopic (exact) mass is 460 g/mol. The van der Waals surface area contributed by atoms with Crippen LogP contribution in [-0.4, -0.2) is 74.4 Å². The zero-order chi connectivity index (χ0) is 22.7. The molecule has 2 aliphatic heterocycles. The van der Waals surface area contributed by atoms with E-state index in [9.17, 15) is 9.90 Å². The minimum Gasteiger partial charge on any atom is -0.493 e. The lowest BCUT2D eigenvalue weighted by Crippen LogP contribution is -2.49. The Kier molecular flexibility index (Phi) is 7.20. The van der Waals surface area contributed by atoms with E-state index in [-0.39, 0.29) is 12.4 Å². The first-order valence-electron chi connectivity index (χ1n) is 10.9. The Bertz CT molecular complexity index is 961. The number of carbonyl (C=O) groups excluding carboxylic acids is 1. The van der Waals surface area contributed by atoms with Gasteiger partial charge in [0.1, 0.15) is 18.8 Å². The molecule has 1 fully saturated rings. The Morgan fingerprint density at radius 1 is 1.19 bits per heavy atom. The number of Topliss-reactive ketones (excluding diaryl/α,β-unsaturated/α-hetero) is 1. The van der Waals surface area contributed by atoms with Crippen molar-refractivity contribution < 1.29 is 24.1 Å². The third-order valence-corrected chi connectivity index (χ3v) is 6.30. The lowest BCUT2D eigenvalue weighted by Gasteiger charge is -2.37. The number of carbonyl (C=O) groups is 1. The summed E-state index contributed by atoms with van der Waals surface area (Å²) in [6, 6.07) is 11.3. The number of anilines is 1. The molecule has 0 aromatic heterocycles. The molecule has 7 nitrogen and oxygen atoms in total. The number of aliphatic hydroxyl groups excluding tert-OH is 1. The van der Waals surface area contributed by atoms with Crippen LogP contribution in [0, 0.1) is 0 Å². The highest BCUT2D eigenvalue weighted by atomic mass is 35.5. The second-order valence-corrected chi connectivity index (χ2v) is 8.59. The Balaban J connectivity index is 1.31. The summed E-state index contributed by atoms with van der Waals surface area (Å²) in [6.45, 7) is 6.07. The maximum atomic E-state index is 12.4. The zero-order valence-electron chi connectivity index (χ0n) is 18.4. The molecule has 2 unspecified atom stereocenters. The van der Waals surface area contributed by atoms with E-state index in [4.69, 9.17) is 25.8 Å². The molecule has 172 valence electrons. The molecule has 32 heavy (non-hydrogen) atoms. The lowest BCUT2D eigenvalue weighted by molar-refractivity contribution is 0.0333. The van der Waals surface area contributed by atoms with Crippen LogP contribution in [-0.2, 0) is 11.3 Å². The fourth-order valence-electron chi connectivity index (χ4n) is 4.15. The zero-order valence-corrected chi connectivity index (χ0v) is 19.2. The van der Waals surface area contributed by atoms with Crippen molar-refractivity contribution in [2.45, 2.75) is 25.7 Å². The van der Waals surface area contributed by atoms with Crippen LogP contribution in [0.4, 0.5) is 5.69 Å². The van der Waals surface area contributed by atoms with Gasteiger partial charge in [-0.25, -0.2) is 0 Å². The van der Waals surface area contributed by atoms with E-state index in [1.807, 2.05) is 24.3 Å². The number of aliphatic hydroxyl groups is 1. The number of ketones is 1. The van der Waals surface area contributed by atoms with E-state index in [2.05, 4.69) is 9.80 Å². The third-order valence-electron chi connectivity index (χ3n) is 5.98. The van der Waals surface area contributed by atoms with E-state index < -0.39 is 12.2 Å². The number of hydrogen-bond acceptors (Lipinski definition) is 7. The van der Waals surface area contributed by atoms with Crippen molar-refractivity contribution in [1.29, 1.82) is 0 Å². The van der Waals surface area contributed by atoms with Crippen molar-refractivity contribution in [3.05, 3.63) is 52.5 Å². The van der Waals surface area contributed by atoms with Crippen molar-refractivity contribution in [3.8, 4) is 11.5 Å². The standard InChI is InChI=1S/C24H29ClN2O5/c1-16-24(29)19-12-23(22(30-2)11-17(19)14-31-16)32-15-18(28)13-26-7-9-27(10-8-26)21-6-4-3-5-20(21)25/h3-6,11-12,16,18,28H,7-10,13-15H2,1-2H3. The lowest BCUT2D eigenvalue weighted by atomic mass is 9.97. The first-order valence-corrected chi connectivity index (χ1v) is 11.2. The third kappa shape index (κ3) is 5.02. The smallest absolute Gasteiger partial charge is 0.191 e. The van der Waals surface area contributed by atoms with Gasteiger partial charge in [-0.3, -0.25) is 9.69 Å². The fourth-order valence-corrected chi connectivity index (χ4v) is 4.40. The van der Waals surface area contributed by atoms with E-state index in [0.29, 0.717) is 30.2 Å². The summed E-state index contributed by atoms with van der Waals surface area (Å²) < 4.78 is 16.8. The molecule has 2 aromatic rings. The Labute approximate surface area is 193 Å². The molecule has 8 heteroatoms. The van der Waals surface area contributed by atoms with E-state index in [1.54, 1.807) is 26.2 Å². The number of ether oxygens (including phenoxy) is 3. The molecule has 2 atom stereocenters. The van der Waals surface area contributed by atoms with Crippen molar-refractivity contribution in [2.24, 2.45) is 0 Å². The molecule has 0 aliphatic carbocycles. The summed E-state index contributed by atoms with van der Waals surface area (Å²) in [5, 5.41) is 11.3. The topological polar surface area (TPSA) is 71.5 Å². The van der Waals surface area contributed by atoms with Crippen molar-refractivity contribution >= 4 is 23.1 Å². The first-order chi connectivity index (χ1) is 15.5. The highest BCUT2D eigenvalue weighted by Gasteiger charge is 2.27. The number of benzene rings is 2. The molecule has 2 aliphatic rings. The quantitative estimate of drug-likeness (QED) is 0.681. The molecule has 0 spiro atoms. The van der Waals surface area contributed by atoms with Gasteiger partial charge >= 0.3 is 0 Å². The summed E-state index contributed by atoms with van der Waals surface area (Å²) in [5.41, 5.74) is 2.42. The number of hydrogen-bond donors (Lipinski definition) is 1. The second kappa shape index (κ2) is 10.1. The first kappa shape index (κ1) is 22.9. The van der Waals surface area contributed by atoms with Gasteiger partial charge in [0, 0.05) is 38.3 Å². The number of nitrogens with zero attached hydrogens (tertiary/aromatic N) is 2. The average molecular weight is 461 g/mol. The van der Waals surface area contributed by atoms with Gasteiger partial charge < -0.3 is 24.2 Å². The minimum absolute atomic E-state index is 0.0734. The van der Waals surface area contributed by atoms with E-state index in [0.717, 1.165) is 42.5 Å². The second-order valence-electron chi connectivity index (χ2n) is 8.18. The molecular formula is C24H29ClN2O5. The summed E-state index contributed by atoms with van der Waals surface area (Å²) >= 11 is 6.31. The van der Waals surface area contributed by atoms with Gasteiger partial charge in [-0.1, -0.05) is 23.7 Å². The average Bonchev–Trinajstić information content (AvgIpc) is 2.81. The Morgan fingerprint density at radius 2 is 1.94 bits per heavy atom. The van der Waals surface area contributed by atoms with Crippen LogP contribution in [0.15, 0.2) is 36.4 Å². The maximum Gasteiger partial charge on any atom is 0.191 e. The van der Waals surface area contributed by atoms with Crippen LogP contribution in [0.3, 0.4) is 0 Å². The number of para-hydroxylation sites is 1. The molecule has 1 saturated heterocycles. The number of β-amino-alcohol motifs (C(OH)–C–C–N with tert-alkyl or cyclic N) is 1. The van der Waals surface area contributed by atoms with Crippen molar-refractivity contribution in [2.75, 3.05) is 51.3 Å². The van der Waals surface area contributed by atoms with Gasteiger partial charge in [-0.2, -0.15) is 0 Å². The summed E-state index contributed by atoms with van der Waals surface area (Å²) in [7, 11) is 1.55. The predicted molar refractivity (Wildman–Crippen MR) is 123 cm³/mol. The molecule has 0 amide bonds. The highest BCUT2D eigenvalue weighted by Crippen LogP contribution is 2.34. The number of rotatable bonds is 7. The normalized spacial score (nSPS) is 20.1. The van der Waals surface area contributed by atoms with Gasteiger partial charge in [0.15, 0.2) is 17.3 Å². The van der Waals surface area contributed by atoms with Crippen molar-refractivity contribution in [1.82, 2.24) is 4.90 Å². The van der Waals surface area contributed by atoms with Crippen LogP contribution in [0.1, 0.15) is 22.8 Å². The number of halogens is 1. The molecule has 0 bridgehead atoms. The molecule has 2 heterocycles. The number of methoxy groups -OCH3 is 1. The van der Waals surface area contributed by atoms with Crippen LogP contribution in [0.25, 0.3) is 0 Å². The molecule has 1 N–H and O–H groups in total. The largest absolute Gasteiger partial charge is 0.493 e. The van der Waals surface area contributed by atoms with Crippen LogP contribution < -0.4 is 14.4 Å². The van der Waals surface area contributed by atoms with E-state index >= 15 is 0 Å². The van der Waals surface area contributed by atoms with Gasteiger partial charge in [-0.05, 0) is 36.8 Å². The molecule has 4 rings (SSSR count). The molecule has 0 saturated carbocycles. The molecule has 2 aromatic carbocycles. The summed E-state index contributed by atoms with van der Waals surface area (Å²) in [6.07, 6.45) is -1.14. The minimum atomic E-state index is -0.666. The Morgan fingerprint density at radius 3 is 2.66 bits per heavy atom. The summed E-state index contributed by atoms with van der Waals surface area (Å²) in [5.74, 6) is 0.905.